The number of nitrogens with one attached hydrogen (secondary N) is 2. The number of aromatic amines is 1. The van der Waals surface area contributed by atoms with Gasteiger partial charge in [0.2, 0.25) is 0 Å². The maximum Gasteiger partial charge on any atom is 0.279 e. The van der Waals surface area contributed by atoms with E-state index in [0.717, 1.165) is 0 Å². The Labute approximate surface area is 108 Å². The standard InChI is InChI=1S/C13H11N5O/c19-13-10(16-11-6-8-15-17-11)4-3-9-18(13)12-5-1-2-7-14-12/h1-9H,(H2,15,16,17). The molecule has 0 aliphatic heterocycles. The predicted molar refractivity (Wildman–Crippen MR) is 71.7 cm³/mol. The topological polar surface area (TPSA) is 75.6 Å². The second kappa shape index (κ2) is 4.77. The molecule has 3 aromatic rings. The summed E-state index contributed by atoms with van der Waals surface area (Å²) in [6.45, 7) is 0. The van der Waals surface area contributed by atoms with Gasteiger partial charge < -0.3 is 5.32 Å². The van der Waals surface area contributed by atoms with Crippen molar-refractivity contribution in [2.24, 2.45) is 0 Å². The number of hydrogen-bond acceptors (Lipinski definition) is 4. The number of hydrogen-bond donors (Lipinski definition) is 2. The number of aromatic nitrogens is 4. The summed E-state index contributed by atoms with van der Waals surface area (Å²) in [6.07, 6.45) is 4.95. The molecule has 0 aliphatic carbocycles. The van der Waals surface area contributed by atoms with Crippen molar-refractivity contribution in [1.29, 1.82) is 0 Å². The summed E-state index contributed by atoms with van der Waals surface area (Å²) in [6, 6.07) is 10.7. The Balaban J connectivity index is 2.02. The molecule has 6 heteroatoms. The van der Waals surface area contributed by atoms with Gasteiger partial charge in [0.25, 0.3) is 5.56 Å². The van der Waals surface area contributed by atoms with Gasteiger partial charge in [0.15, 0.2) is 0 Å². The summed E-state index contributed by atoms with van der Waals surface area (Å²) < 4.78 is 1.48. The average Bonchev–Trinajstić information content (AvgIpc) is 2.95. The lowest BCUT2D eigenvalue weighted by Crippen LogP contribution is -2.20. The number of anilines is 2. The SMILES string of the molecule is O=c1c(Nc2ccn[nH]2)cccn1-c1ccccn1. The van der Waals surface area contributed by atoms with Gasteiger partial charge in [-0.2, -0.15) is 5.10 Å². The zero-order valence-electron chi connectivity index (χ0n) is 9.95. The third kappa shape index (κ3) is 2.23. The van der Waals surface area contributed by atoms with Gasteiger partial charge in [0.05, 0.1) is 6.20 Å². The minimum atomic E-state index is -0.171. The number of H-pyrrole nitrogens is 1. The predicted octanol–water partition coefficient (Wildman–Crippen LogP) is 1.70. The van der Waals surface area contributed by atoms with Gasteiger partial charge >= 0.3 is 0 Å². The maximum absolute atomic E-state index is 12.3. The Morgan fingerprint density at radius 3 is 2.79 bits per heavy atom. The van der Waals surface area contributed by atoms with Gasteiger partial charge in [-0.15, -0.1) is 0 Å². The highest BCUT2D eigenvalue weighted by Crippen LogP contribution is 2.09. The van der Waals surface area contributed by atoms with E-state index in [9.17, 15) is 4.79 Å². The van der Waals surface area contributed by atoms with Gasteiger partial charge in [-0.25, -0.2) is 4.98 Å². The van der Waals surface area contributed by atoms with Gasteiger partial charge in [-0.05, 0) is 24.3 Å². The van der Waals surface area contributed by atoms with E-state index in [4.69, 9.17) is 0 Å². The highest BCUT2D eigenvalue weighted by Gasteiger charge is 2.05. The lowest BCUT2D eigenvalue weighted by atomic mass is 10.3. The summed E-state index contributed by atoms with van der Waals surface area (Å²) in [5.41, 5.74) is 0.285. The first-order valence-corrected chi connectivity index (χ1v) is 5.74. The zero-order valence-corrected chi connectivity index (χ0v) is 9.95. The Bertz CT molecular complexity index is 718. The molecule has 6 nitrogen and oxygen atoms in total. The van der Waals surface area contributed by atoms with E-state index in [1.165, 1.54) is 4.57 Å². The van der Waals surface area contributed by atoms with Crippen LogP contribution in [0.1, 0.15) is 0 Å². The molecule has 0 atom stereocenters. The van der Waals surface area contributed by atoms with Crippen LogP contribution in [-0.4, -0.2) is 19.7 Å². The van der Waals surface area contributed by atoms with E-state index in [2.05, 4.69) is 20.5 Å². The van der Waals surface area contributed by atoms with Crippen LogP contribution in [0.25, 0.3) is 5.82 Å². The minimum absolute atomic E-state index is 0.171. The molecule has 3 aromatic heterocycles. The van der Waals surface area contributed by atoms with Crippen LogP contribution in [0.4, 0.5) is 11.5 Å². The number of rotatable bonds is 3. The van der Waals surface area contributed by atoms with Crippen LogP contribution in [-0.2, 0) is 0 Å². The van der Waals surface area contributed by atoms with Crippen LogP contribution >= 0.6 is 0 Å². The van der Waals surface area contributed by atoms with E-state index < -0.39 is 0 Å². The highest BCUT2D eigenvalue weighted by molar-refractivity contribution is 5.54. The molecular weight excluding hydrogens is 242 g/mol. The molecule has 94 valence electrons. The van der Waals surface area contributed by atoms with E-state index in [1.54, 1.807) is 48.9 Å². The molecular formula is C13H11N5O. The van der Waals surface area contributed by atoms with Crippen molar-refractivity contribution in [3.8, 4) is 5.82 Å². The first-order valence-electron chi connectivity index (χ1n) is 5.74. The lowest BCUT2D eigenvalue weighted by molar-refractivity contribution is 0.942. The summed E-state index contributed by atoms with van der Waals surface area (Å²) in [5, 5.41) is 9.55. The van der Waals surface area contributed by atoms with Gasteiger partial charge in [-0.1, -0.05) is 6.07 Å². The molecule has 3 heterocycles. The van der Waals surface area contributed by atoms with Gasteiger partial charge in [0, 0.05) is 18.5 Å². The van der Waals surface area contributed by atoms with Crippen molar-refractivity contribution in [3.05, 3.63) is 65.3 Å². The molecule has 0 saturated carbocycles. The van der Waals surface area contributed by atoms with Crippen molar-refractivity contribution in [2.45, 2.75) is 0 Å². The third-order valence-electron chi connectivity index (χ3n) is 2.61. The van der Waals surface area contributed by atoms with Crippen LogP contribution in [0, 0.1) is 0 Å². The smallest absolute Gasteiger partial charge is 0.279 e. The second-order valence-electron chi connectivity index (χ2n) is 3.88. The quantitative estimate of drug-likeness (QED) is 0.745. The normalized spacial score (nSPS) is 10.3. The Hall–Kier alpha value is -2.89. The fraction of sp³-hybridized carbons (Fsp3) is 0. The molecule has 19 heavy (non-hydrogen) atoms. The van der Waals surface area contributed by atoms with E-state index >= 15 is 0 Å². The zero-order chi connectivity index (χ0) is 13.1. The minimum Gasteiger partial charge on any atom is -0.336 e. The van der Waals surface area contributed by atoms with Gasteiger partial charge in [0.1, 0.15) is 17.3 Å². The van der Waals surface area contributed by atoms with Crippen molar-refractivity contribution < 1.29 is 0 Å². The molecule has 0 bridgehead atoms. The fourth-order valence-corrected chi connectivity index (χ4v) is 1.74. The molecule has 2 N–H and O–H groups in total. The van der Waals surface area contributed by atoms with Crippen LogP contribution < -0.4 is 10.9 Å². The second-order valence-corrected chi connectivity index (χ2v) is 3.88. The molecule has 0 spiro atoms. The van der Waals surface area contributed by atoms with Gasteiger partial charge in [-0.3, -0.25) is 14.5 Å². The molecule has 0 saturated heterocycles. The number of pyridine rings is 2. The van der Waals surface area contributed by atoms with Crippen LogP contribution in [0.2, 0.25) is 0 Å². The van der Waals surface area contributed by atoms with Crippen LogP contribution in [0.5, 0.6) is 0 Å². The molecule has 0 aromatic carbocycles. The summed E-state index contributed by atoms with van der Waals surface area (Å²) in [4.78, 5) is 16.5. The maximum atomic E-state index is 12.3. The third-order valence-corrected chi connectivity index (χ3v) is 2.61. The lowest BCUT2D eigenvalue weighted by Gasteiger charge is -2.07. The van der Waals surface area contributed by atoms with E-state index in [1.807, 2.05) is 6.07 Å². The highest BCUT2D eigenvalue weighted by atomic mass is 16.1. The average molecular weight is 253 g/mol. The Kier molecular flexibility index (Phi) is 2.82. The van der Waals surface area contributed by atoms with Crippen molar-refractivity contribution in [2.75, 3.05) is 5.32 Å². The molecule has 0 radical (unpaired) electrons. The largest absolute Gasteiger partial charge is 0.336 e. The molecule has 3 rings (SSSR count). The van der Waals surface area contributed by atoms with Crippen molar-refractivity contribution in [3.63, 3.8) is 0 Å². The summed E-state index contributed by atoms with van der Waals surface area (Å²) >= 11 is 0. The molecule has 0 amide bonds. The van der Waals surface area contributed by atoms with Crippen LogP contribution in [0.15, 0.2) is 59.8 Å². The number of nitrogens with zero attached hydrogens (tertiary/aromatic N) is 3. The molecule has 0 fully saturated rings. The van der Waals surface area contributed by atoms with Crippen LogP contribution in [0.3, 0.4) is 0 Å². The van der Waals surface area contributed by atoms with E-state index in [0.29, 0.717) is 17.3 Å². The van der Waals surface area contributed by atoms with Crippen molar-refractivity contribution >= 4 is 11.5 Å². The Morgan fingerprint density at radius 1 is 1.11 bits per heavy atom. The summed E-state index contributed by atoms with van der Waals surface area (Å²) in [7, 11) is 0. The van der Waals surface area contributed by atoms with E-state index in [-0.39, 0.29) is 5.56 Å². The summed E-state index contributed by atoms with van der Waals surface area (Å²) in [5.74, 6) is 1.25. The molecule has 0 aliphatic rings. The Morgan fingerprint density at radius 2 is 2.05 bits per heavy atom. The fourth-order valence-electron chi connectivity index (χ4n) is 1.74. The van der Waals surface area contributed by atoms with Crippen molar-refractivity contribution in [1.82, 2.24) is 19.7 Å². The first kappa shape index (κ1) is 11.2. The monoisotopic (exact) mass is 253 g/mol. The first-order chi connectivity index (χ1) is 9.34. The molecule has 0 unspecified atom stereocenters.